The van der Waals surface area contributed by atoms with Gasteiger partial charge in [-0.2, -0.15) is 5.26 Å². The Morgan fingerprint density at radius 1 is 0.895 bits per heavy atom. The van der Waals surface area contributed by atoms with Gasteiger partial charge in [0.05, 0.1) is 24.8 Å². The molecule has 0 saturated carbocycles. The lowest BCUT2D eigenvalue weighted by atomic mass is 9.84. The van der Waals surface area contributed by atoms with E-state index >= 15 is 0 Å². The molecule has 8 nitrogen and oxygen atoms in total. The summed E-state index contributed by atoms with van der Waals surface area (Å²) in [5.74, 6) is -1.26. The molecule has 3 atom stereocenters. The van der Waals surface area contributed by atoms with Gasteiger partial charge in [-0.1, -0.05) is 72.8 Å². The molecule has 4 rings (SSSR count). The first-order chi connectivity index (χ1) is 18.5. The van der Waals surface area contributed by atoms with E-state index in [1.807, 2.05) is 60.7 Å². The predicted octanol–water partition coefficient (Wildman–Crippen LogP) is 3.59. The second-order valence-corrected chi connectivity index (χ2v) is 9.14. The summed E-state index contributed by atoms with van der Waals surface area (Å²) in [5, 5.41) is 18.0. The zero-order valence-electron chi connectivity index (χ0n) is 21.1. The third kappa shape index (κ3) is 6.25. The van der Waals surface area contributed by atoms with Crippen molar-refractivity contribution in [2.45, 2.75) is 36.9 Å². The lowest BCUT2D eigenvalue weighted by molar-refractivity contribution is -0.130. The number of ether oxygens (including phenoxy) is 1. The Bertz CT molecular complexity index is 1240. The zero-order chi connectivity index (χ0) is 26.9. The van der Waals surface area contributed by atoms with Gasteiger partial charge >= 0.3 is 6.09 Å². The van der Waals surface area contributed by atoms with E-state index in [1.54, 1.807) is 24.3 Å². The number of amides is 2. The number of methoxy groups -OCH3 is 1. The van der Waals surface area contributed by atoms with Crippen LogP contribution in [0.2, 0.25) is 0 Å². The summed E-state index contributed by atoms with van der Waals surface area (Å²) in [6.45, 7) is 0.723. The maximum Gasteiger partial charge on any atom is 0.407 e. The average molecular weight is 511 g/mol. The average Bonchev–Trinajstić information content (AvgIpc) is 3.51. The molecule has 3 aromatic carbocycles. The highest BCUT2D eigenvalue weighted by molar-refractivity contribution is 5.96. The molecule has 1 aliphatic rings. The van der Waals surface area contributed by atoms with Crippen LogP contribution in [0.25, 0.3) is 0 Å². The van der Waals surface area contributed by atoms with E-state index in [9.17, 15) is 19.6 Å². The van der Waals surface area contributed by atoms with Crippen LogP contribution in [0.4, 0.5) is 4.79 Å². The lowest BCUT2D eigenvalue weighted by Crippen LogP contribution is -2.53. The van der Waals surface area contributed by atoms with E-state index in [1.165, 1.54) is 7.11 Å². The number of hydrogen-bond acceptors (Lipinski definition) is 6. The molecule has 0 aliphatic carbocycles. The van der Waals surface area contributed by atoms with E-state index in [0.717, 1.165) is 24.1 Å². The second-order valence-electron chi connectivity index (χ2n) is 9.14. The number of carbonyl (C=O) groups excluding carboxylic acids is 3. The Hall–Kier alpha value is -4.48. The highest BCUT2D eigenvalue weighted by Crippen LogP contribution is 2.29. The van der Waals surface area contributed by atoms with Crippen LogP contribution in [-0.4, -0.2) is 43.5 Å². The maximum atomic E-state index is 14.0. The van der Waals surface area contributed by atoms with Gasteiger partial charge in [0.2, 0.25) is 5.91 Å². The largest absolute Gasteiger partial charge is 0.453 e. The van der Waals surface area contributed by atoms with Crippen LogP contribution in [0.15, 0.2) is 84.9 Å². The van der Waals surface area contributed by atoms with Crippen molar-refractivity contribution < 1.29 is 19.1 Å². The Morgan fingerprint density at radius 3 is 2.00 bits per heavy atom. The number of nitrogens with zero attached hydrogens (tertiary/aromatic N) is 1. The van der Waals surface area contributed by atoms with Crippen LogP contribution < -0.4 is 16.0 Å². The summed E-state index contributed by atoms with van der Waals surface area (Å²) in [6.07, 6.45) is 0.768. The van der Waals surface area contributed by atoms with E-state index in [2.05, 4.69) is 22.0 Å². The van der Waals surface area contributed by atoms with Crippen molar-refractivity contribution in [2.75, 3.05) is 13.7 Å². The van der Waals surface area contributed by atoms with Crippen molar-refractivity contribution in [3.05, 3.63) is 107 Å². The van der Waals surface area contributed by atoms with E-state index in [-0.39, 0.29) is 5.78 Å². The number of hydrogen-bond donors (Lipinski definition) is 3. The highest BCUT2D eigenvalue weighted by Gasteiger charge is 2.37. The number of ketones is 1. The molecular weight excluding hydrogens is 480 g/mol. The summed E-state index contributed by atoms with van der Waals surface area (Å²) in [4.78, 5) is 40.0. The van der Waals surface area contributed by atoms with Gasteiger partial charge in [-0.15, -0.1) is 0 Å². The van der Waals surface area contributed by atoms with Crippen LogP contribution in [0.5, 0.6) is 0 Å². The number of nitriles is 1. The summed E-state index contributed by atoms with van der Waals surface area (Å²) >= 11 is 0. The van der Waals surface area contributed by atoms with Gasteiger partial charge in [0.15, 0.2) is 5.78 Å². The third-order valence-corrected chi connectivity index (χ3v) is 6.74. The summed E-state index contributed by atoms with van der Waals surface area (Å²) < 4.78 is 4.86. The Kier molecular flexibility index (Phi) is 8.85. The van der Waals surface area contributed by atoms with E-state index < -0.39 is 36.0 Å². The van der Waals surface area contributed by atoms with Gasteiger partial charge in [0.1, 0.15) is 12.1 Å². The van der Waals surface area contributed by atoms with Crippen molar-refractivity contribution in [3.8, 4) is 6.07 Å². The fourth-order valence-corrected chi connectivity index (χ4v) is 4.81. The second kappa shape index (κ2) is 12.7. The molecule has 1 aliphatic heterocycles. The molecule has 0 aromatic heterocycles. The molecule has 1 heterocycles. The number of benzene rings is 3. The fraction of sp³-hybridized carbons (Fsp3) is 0.267. The molecule has 38 heavy (non-hydrogen) atoms. The Balaban J connectivity index is 1.73. The molecular formula is C30H30N4O4. The molecule has 0 bridgehead atoms. The van der Waals surface area contributed by atoms with E-state index in [4.69, 9.17) is 4.74 Å². The summed E-state index contributed by atoms with van der Waals surface area (Å²) in [7, 11) is 1.24. The smallest absolute Gasteiger partial charge is 0.407 e. The molecule has 1 fully saturated rings. The normalized spacial score (nSPS) is 16.2. The molecule has 3 aromatic rings. The molecule has 1 unspecified atom stereocenters. The quantitative estimate of drug-likeness (QED) is 0.405. The lowest BCUT2D eigenvalue weighted by Gasteiger charge is -2.30. The van der Waals surface area contributed by atoms with Crippen LogP contribution in [-0.2, 0) is 14.3 Å². The molecule has 1 saturated heterocycles. The van der Waals surface area contributed by atoms with Gasteiger partial charge in [-0.3, -0.25) is 9.59 Å². The predicted molar refractivity (Wildman–Crippen MR) is 142 cm³/mol. The first-order valence-electron chi connectivity index (χ1n) is 12.5. The van der Waals surface area contributed by atoms with E-state index in [0.29, 0.717) is 17.5 Å². The third-order valence-electron chi connectivity index (χ3n) is 6.74. The number of nitrogens with one attached hydrogen (secondary N) is 3. The molecule has 0 radical (unpaired) electrons. The molecule has 2 amide bonds. The summed E-state index contributed by atoms with van der Waals surface area (Å²) in [5.41, 5.74) is 2.63. The first-order valence-corrected chi connectivity index (χ1v) is 12.5. The standard InChI is InChI=1S/C30H30N4O4/c1-38-30(37)34-27(25(21-9-4-2-5-10-21)22-11-6-3-7-12-22)29(36)33-26(28(35)24-13-8-18-32-24)23-16-14-20(19-31)15-17-23/h2-7,9-12,14-17,24-27,32H,8,13,18H2,1H3,(H,33,36)(H,34,37)/t24-,26?,27+/m0/s1. The SMILES string of the molecule is COC(=O)N[C@@H](C(=O)NC(C(=O)[C@@H]1CCCN1)c1ccc(C#N)cc1)C(c1ccccc1)c1ccccc1. The van der Waals surface area contributed by atoms with Crippen molar-refractivity contribution in [2.24, 2.45) is 0 Å². The Morgan fingerprint density at radius 2 is 1.50 bits per heavy atom. The minimum atomic E-state index is -1.09. The molecule has 3 N–H and O–H groups in total. The van der Waals surface area contributed by atoms with Gasteiger partial charge in [-0.05, 0) is 48.2 Å². The molecule has 8 heteroatoms. The number of rotatable bonds is 9. The molecule has 0 spiro atoms. The number of alkyl carbamates (subject to hydrolysis) is 1. The van der Waals surface area contributed by atoms with Gasteiger partial charge in [-0.25, -0.2) is 4.79 Å². The topological polar surface area (TPSA) is 120 Å². The molecule has 194 valence electrons. The van der Waals surface area contributed by atoms with Crippen LogP contribution in [0.3, 0.4) is 0 Å². The van der Waals surface area contributed by atoms with Gasteiger partial charge in [0, 0.05) is 5.92 Å². The highest BCUT2D eigenvalue weighted by atomic mass is 16.5. The minimum absolute atomic E-state index is 0.173. The summed E-state index contributed by atoms with van der Waals surface area (Å²) in [6, 6.07) is 25.0. The van der Waals surface area contributed by atoms with Crippen LogP contribution in [0, 0.1) is 11.3 Å². The van der Waals surface area contributed by atoms with Crippen molar-refractivity contribution in [3.63, 3.8) is 0 Å². The van der Waals surface area contributed by atoms with Crippen LogP contribution >= 0.6 is 0 Å². The number of Topliss-reactive ketones (excluding diaryl/α,β-unsaturated/α-hetero) is 1. The van der Waals surface area contributed by atoms with Gasteiger partial charge < -0.3 is 20.7 Å². The Labute approximate surface area is 222 Å². The van der Waals surface area contributed by atoms with Crippen molar-refractivity contribution in [1.82, 2.24) is 16.0 Å². The van der Waals surface area contributed by atoms with Crippen molar-refractivity contribution in [1.29, 1.82) is 5.26 Å². The first kappa shape index (κ1) is 26.6. The monoisotopic (exact) mass is 510 g/mol. The van der Waals surface area contributed by atoms with Gasteiger partial charge in [0.25, 0.3) is 0 Å². The maximum absolute atomic E-state index is 14.0. The number of carbonyl (C=O) groups is 3. The fourth-order valence-electron chi connectivity index (χ4n) is 4.81. The zero-order valence-corrected chi connectivity index (χ0v) is 21.1. The van der Waals surface area contributed by atoms with Crippen LogP contribution in [0.1, 0.15) is 47.1 Å². The minimum Gasteiger partial charge on any atom is -0.453 e. The van der Waals surface area contributed by atoms with Crippen molar-refractivity contribution >= 4 is 17.8 Å².